The van der Waals surface area contributed by atoms with E-state index in [9.17, 15) is 14.0 Å². The smallest absolute Gasteiger partial charge is 0.238 e. The van der Waals surface area contributed by atoms with Crippen LogP contribution in [0.15, 0.2) is 18.2 Å². The van der Waals surface area contributed by atoms with E-state index in [1.807, 2.05) is 0 Å². The highest BCUT2D eigenvalue weighted by Gasteiger charge is 2.10. The summed E-state index contributed by atoms with van der Waals surface area (Å²) in [5.41, 5.74) is 5.77. The van der Waals surface area contributed by atoms with Gasteiger partial charge in [0.25, 0.3) is 0 Å². The third kappa shape index (κ3) is 4.92. The third-order valence-corrected chi connectivity index (χ3v) is 2.39. The van der Waals surface area contributed by atoms with E-state index in [2.05, 4.69) is 10.6 Å². The Hall–Kier alpha value is -2.15. The van der Waals surface area contributed by atoms with Gasteiger partial charge in [-0.05, 0) is 25.2 Å². The van der Waals surface area contributed by atoms with Gasteiger partial charge in [-0.15, -0.1) is 0 Å². The zero-order chi connectivity index (χ0) is 14.4. The molecule has 0 saturated carbocycles. The summed E-state index contributed by atoms with van der Waals surface area (Å²) >= 11 is 0. The van der Waals surface area contributed by atoms with Crippen molar-refractivity contribution in [1.29, 1.82) is 0 Å². The molecule has 0 bridgehead atoms. The molecule has 0 unspecified atom stereocenters. The van der Waals surface area contributed by atoms with E-state index in [1.54, 1.807) is 11.9 Å². The number of nitrogens with two attached hydrogens (primary N) is 1. The predicted octanol–water partition coefficient (Wildman–Crippen LogP) is 0.0242. The number of hydrogen-bond donors (Lipinski definition) is 3. The summed E-state index contributed by atoms with van der Waals surface area (Å²) in [5.74, 6) is -1.02. The number of carbonyl (C=O) groups is 2. The van der Waals surface area contributed by atoms with Gasteiger partial charge in [0.1, 0.15) is 5.82 Å². The van der Waals surface area contributed by atoms with Crippen molar-refractivity contribution in [1.82, 2.24) is 10.2 Å². The first kappa shape index (κ1) is 14.9. The molecule has 7 heteroatoms. The maximum atomic E-state index is 12.9. The van der Waals surface area contributed by atoms with Gasteiger partial charge < -0.3 is 16.4 Å². The highest BCUT2D eigenvalue weighted by molar-refractivity contribution is 5.93. The Bertz CT molecular complexity index is 479. The molecule has 0 atom stereocenters. The fourth-order valence-corrected chi connectivity index (χ4v) is 1.45. The number of nitrogens with zero attached hydrogens (tertiary/aromatic N) is 1. The summed E-state index contributed by atoms with van der Waals surface area (Å²) in [6.07, 6.45) is 0. The highest BCUT2D eigenvalue weighted by Crippen LogP contribution is 2.16. The lowest BCUT2D eigenvalue weighted by molar-refractivity contribution is -0.122. The van der Waals surface area contributed by atoms with Crippen molar-refractivity contribution in [2.45, 2.75) is 0 Å². The lowest BCUT2D eigenvalue weighted by Gasteiger charge is -2.15. The lowest BCUT2D eigenvalue weighted by Crippen LogP contribution is -2.37. The first-order valence-electron chi connectivity index (χ1n) is 5.66. The zero-order valence-electron chi connectivity index (χ0n) is 10.9. The van der Waals surface area contributed by atoms with Gasteiger partial charge >= 0.3 is 0 Å². The van der Waals surface area contributed by atoms with Crippen LogP contribution < -0.4 is 16.4 Å². The van der Waals surface area contributed by atoms with E-state index >= 15 is 0 Å². The first-order chi connectivity index (χ1) is 8.92. The maximum Gasteiger partial charge on any atom is 0.238 e. The van der Waals surface area contributed by atoms with E-state index in [4.69, 9.17) is 5.73 Å². The molecule has 0 fully saturated rings. The van der Waals surface area contributed by atoms with Crippen molar-refractivity contribution in [3.63, 3.8) is 0 Å². The molecule has 0 aliphatic heterocycles. The molecule has 19 heavy (non-hydrogen) atoms. The number of carbonyl (C=O) groups excluding carboxylic acids is 2. The number of rotatable bonds is 5. The van der Waals surface area contributed by atoms with Crippen LogP contribution in [0.1, 0.15) is 0 Å². The van der Waals surface area contributed by atoms with Crippen molar-refractivity contribution >= 4 is 23.2 Å². The Morgan fingerprint density at radius 2 is 1.95 bits per heavy atom. The van der Waals surface area contributed by atoms with Gasteiger partial charge in [-0.2, -0.15) is 0 Å². The number of amides is 2. The molecule has 0 radical (unpaired) electrons. The van der Waals surface area contributed by atoms with Crippen molar-refractivity contribution in [3.05, 3.63) is 24.0 Å². The minimum Gasteiger partial charge on any atom is -0.396 e. The number of nitrogen functional groups attached to an aromatic ring is 1. The van der Waals surface area contributed by atoms with Crippen molar-refractivity contribution in [2.75, 3.05) is 38.2 Å². The standard InChI is InChI=1S/C12H17FN4O2/c1-15-11(18)6-17(2)7-12(19)16-8-3-4-9(13)10(14)5-8/h3-5H,6-7,14H2,1-2H3,(H,15,18)(H,16,19). The zero-order valence-corrected chi connectivity index (χ0v) is 10.9. The van der Waals surface area contributed by atoms with Gasteiger partial charge in [0.05, 0.1) is 18.8 Å². The Labute approximate surface area is 110 Å². The molecule has 2 amide bonds. The van der Waals surface area contributed by atoms with Gasteiger partial charge in [0, 0.05) is 12.7 Å². The van der Waals surface area contributed by atoms with Crippen LogP contribution in [0.3, 0.4) is 0 Å². The molecule has 6 nitrogen and oxygen atoms in total. The normalized spacial score (nSPS) is 10.3. The monoisotopic (exact) mass is 268 g/mol. The fraction of sp³-hybridized carbons (Fsp3) is 0.333. The SMILES string of the molecule is CNC(=O)CN(C)CC(=O)Nc1ccc(F)c(N)c1. The second-order valence-electron chi connectivity index (χ2n) is 4.13. The van der Waals surface area contributed by atoms with E-state index in [0.29, 0.717) is 5.69 Å². The minimum atomic E-state index is -0.533. The summed E-state index contributed by atoms with van der Waals surface area (Å²) in [6, 6.07) is 3.94. The van der Waals surface area contributed by atoms with Crippen molar-refractivity contribution in [3.8, 4) is 0 Å². The topological polar surface area (TPSA) is 87.5 Å². The lowest BCUT2D eigenvalue weighted by atomic mass is 10.2. The van der Waals surface area contributed by atoms with Crippen LogP contribution in [0.5, 0.6) is 0 Å². The molecule has 0 aliphatic carbocycles. The second-order valence-corrected chi connectivity index (χ2v) is 4.13. The summed E-state index contributed by atoms with van der Waals surface area (Å²) < 4.78 is 12.9. The van der Waals surface area contributed by atoms with Crippen LogP contribution in [0.4, 0.5) is 15.8 Å². The van der Waals surface area contributed by atoms with Gasteiger partial charge in [-0.25, -0.2) is 4.39 Å². The van der Waals surface area contributed by atoms with E-state index in [-0.39, 0.29) is 30.6 Å². The van der Waals surface area contributed by atoms with Crippen LogP contribution in [0.2, 0.25) is 0 Å². The molecular formula is C12H17FN4O2. The Kier molecular flexibility index (Phi) is 5.25. The first-order valence-corrected chi connectivity index (χ1v) is 5.66. The molecule has 0 heterocycles. The van der Waals surface area contributed by atoms with Gasteiger partial charge in [-0.3, -0.25) is 14.5 Å². The van der Waals surface area contributed by atoms with Crippen molar-refractivity contribution in [2.24, 2.45) is 0 Å². The van der Waals surface area contributed by atoms with E-state index in [0.717, 1.165) is 0 Å². The molecular weight excluding hydrogens is 251 g/mol. The van der Waals surface area contributed by atoms with Crippen molar-refractivity contribution < 1.29 is 14.0 Å². The number of likely N-dealkylation sites (N-methyl/N-ethyl adjacent to an activating group) is 2. The minimum absolute atomic E-state index is 0.0310. The quantitative estimate of drug-likeness (QED) is 0.657. The molecule has 104 valence electrons. The average Bonchev–Trinajstić information content (AvgIpc) is 2.33. The highest BCUT2D eigenvalue weighted by atomic mass is 19.1. The number of benzene rings is 1. The molecule has 4 N–H and O–H groups in total. The predicted molar refractivity (Wildman–Crippen MR) is 71.0 cm³/mol. The number of anilines is 2. The molecule has 0 aliphatic rings. The van der Waals surface area contributed by atoms with E-state index < -0.39 is 5.82 Å². The summed E-state index contributed by atoms with van der Waals surface area (Å²) in [4.78, 5) is 24.3. The molecule has 0 saturated heterocycles. The molecule has 0 aromatic heterocycles. The third-order valence-electron chi connectivity index (χ3n) is 2.39. The van der Waals surface area contributed by atoms with Crippen LogP contribution in [-0.4, -0.2) is 43.9 Å². The average molecular weight is 268 g/mol. The summed E-state index contributed by atoms with van der Waals surface area (Å²) in [5, 5.41) is 5.04. The number of halogens is 1. The summed E-state index contributed by atoms with van der Waals surface area (Å²) in [6.45, 7) is 0.167. The Morgan fingerprint density at radius 3 is 2.53 bits per heavy atom. The molecule has 1 aromatic rings. The van der Waals surface area contributed by atoms with Crippen LogP contribution in [0, 0.1) is 5.82 Å². The number of hydrogen-bond acceptors (Lipinski definition) is 4. The van der Waals surface area contributed by atoms with Crippen LogP contribution in [-0.2, 0) is 9.59 Å². The van der Waals surface area contributed by atoms with E-state index in [1.165, 1.54) is 25.2 Å². The number of nitrogens with one attached hydrogen (secondary N) is 2. The molecule has 1 rings (SSSR count). The van der Waals surface area contributed by atoms with Gasteiger partial charge in [-0.1, -0.05) is 0 Å². The van der Waals surface area contributed by atoms with Crippen LogP contribution in [0.25, 0.3) is 0 Å². The Morgan fingerprint density at radius 1 is 1.32 bits per heavy atom. The molecule has 0 spiro atoms. The largest absolute Gasteiger partial charge is 0.396 e. The fourth-order valence-electron chi connectivity index (χ4n) is 1.45. The summed E-state index contributed by atoms with van der Waals surface area (Å²) in [7, 11) is 3.17. The van der Waals surface area contributed by atoms with Gasteiger partial charge in [0.15, 0.2) is 0 Å². The Balaban J connectivity index is 2.50. The second kappa shape index (κ2) is 6.69. The molecule has 1 aromatic carbocycles. The maximum absolute atomic E-state index is 12.9. The van der Waals surface area contributed by atoms with Crippen LogP contribution >= 0.6 is 0 Å². The van der Waals surface area contributed by atoms with Gasteiger partial charge in [0.2, 0.25) is 11.8 Å².